The molecule has 28 heavy (non-hydrogen) atoms. The van der Waals surface area contributed by atoms with Gasteiger partial charge in [0.2, 0.25) is 5.95 Å². The van der Waals surface area contributed by atoms with E-state index in [0.717, 1.165) is 0 Å². The van der Waals surface area contributed by atoms with Gasteiger partial charge in [-0.3, -0.25) is 14.2 Å². The fourth-order valence-corrected chi connectivity index (χ4v) is 2.99. The molecule has 0 saturated carbocycles. The summed E-state index contributed by atoms with van der Waals surface area (Å²) in [4.78, 5) is 42.2. The zero-order valence-electron chi connectivity index (χ0n) is 14.8. The molecule has 2 heterocycles. The van der Waals surface area contributed by atoms with Crippen molar-refractivity contribution in [1.82, 2.24) is 14.1 Å². The van der Waals surface area contributed by atoms with Gasteiger partial charge in [0, 0.05) is 35.9 Å². The van der Waals surface area contributed by atoms with E-state index in [0.29, 0.717) is 23.3 Å². The van der Waals surface area contributed by atoms with Gasteiger partial charge < -0.3 is 0 Å². The molecule has 0 radical (unpaired) electrons. The molecule has 0 bridgehead atoms. The van der Waals surface area contributed by atoms with Crippen LogP contribution >= 0.6 is 11.6 Å². The molecule has 0 N–H and O–H groups in total. The van der Waals surface area contributed by atoms with Crippen molar-refractivity contribution in [3.8, 4) is 11.1 Å². The monoisotopic (exact) mass is 401 g/mol. The van der Waals surface area contributed by atoms with Crippen molar-refractivity contribution < 1.29 is 9.18 Å². The van der Waals surface area contributed by atoms with E-state index >= 15 is 0 Å². The third kappa shape index (κ3) is 3.94. The lowest BCUT2D eigenvalue weighted by molar-refractivity contribution is 0.0948. The number of hydrogen-bond acceptors (Lipinski definition) is 4. The van der Waals surface area contributed by atoms with Crippen molar-refractivity contribution in [3.05, 3.63) is 87.2 Å². The average Bonchev–Trinajstić information content (AvgIpc) is 2.71. The van der Waals surface area contributed by atoms with Gasteiger partial charge in [0.15, 0.2) is 0 Å². The van der Waals surface area contributed by atoms with Gasteiger partial charge in [0.05, 0.1) is 5.56 Å². The number of unbranched alkanes of at least 4 members (excludes halogenated alkanes) is 1. The van der Waals surface area contributed by atoms with Crippen LogP contribution in [0.15, 0.2) is 64.4 Å². The van der Waals surface area contributed by atoms with Crippen LogP contribution in [0.1, 0.15) is 23.2 Å². The summed E-state index contributed by atoms with van der Waals surface area (Å²) in [6.45, 7) is 0.239. The smallest absolute Gasteiger partial charge is 0.299 e. The molecular weight excluding hydrogens is 385 g/mol. The number of aryl methyl sites for hydroxylation is 1. The van der Waals surface area contributed by atoms with Gasteiger partial charge in [-0.25, -0.2) is 9.78 Å². The second-order valence-corrected chi connectivity index (χ2v) is 6.45. The predicted molar refractivity (Wildman–Crippen MR) is 104 cm³/mol. The zero-order valence-corrected chi connectivity index (χ0v) is 15.6. The number of aromatic nitrogens is 3. The van der Waals surface area contributed by atoms with E-state index in [2.05, 4.69) is 4.98 Å². The van der Waals surface area contributed by atoms with Crippen LogP contribution < -0.4 is 11.2 Å². The summed E-state index contributed by atoms with van der Waals surface area (Å²) in [5, 5.41) is 0. The average molecular weight is 402 g/mol. The van der Waals surface area contributed by atoms with Gasteiger partial charge in [-0.2, -0.15) is 8.96 Å². The molecule has 0 fully saturated rings. The lowest BCUT2D eigenvalue weighted by atomic mass is 10.1. The molecule has 0 aliphatic heterocycles. The highest BCUT2D eigenvalue weighted by Gasteiger charge is 2.21. The van der Waals surface area contributed by atoms with Gasteiger partial charge in [-0.15, -0.1) is 11.6 Å². The highest BCUT2D eigenvalue weighted by atomic mass is 35.5. The molecule has 8 heteroatoms. The van der Waals surface area contributed by atoms with Crippen molar-refractivity contribution in [2.24, 2.45) is 0 Å². The van der Waals surface area contributed by atoms with Gasteiger partial charge in [-0.1, -0.05) is 18.2 Å². The Bertz CT molecular complexity index is 1110. The van der Waals surface area contributed by atoms with E-state index in [1.807, 2.05) is 0 Å². The summed E-state index contributed by atoms with van der Waals surface area (Å²) in [5.74, 6) is -1.21. The number of hydrogen-bond donors (Lipinski definition) is 0. The Balaban J connectivity index is 2.23. The summed E-state index contributed by atoms with van der Waals surface area (Å²) in [6, 6.07) is 10.8. The summed E-state index contributed by atoms with van der Waals surface area (Å²) in [6.07, 6.45) is 3.74. The molecule has 0 atom stereocenters. The van der Waals surface area contributed by atoms with Crippen molar-refractivity contribution in [1.29, 1.82) is 0 Å². The Hall–Kier alpha value is -3.06. The molecule has 3 aromatic rings. The molecule has 0 amide bonds. The van der Waals surface area contributed by atoms with Crippen LogP contribution in [0.4, 0.5) is 4.39 Å². The topological polar surface area (TPSA) is 74.0 Å². The quantitative estimate of drug-likeness (QED) is 0.361. The normalized spacial score (nSPS) is 10.8. The number of nitrogens with zero attached hydrogens (tertiary/aromatic N) is 3. The molecule has 0 saturated heterocycles. The SMILES string of the molecule is O=C(c1ccccc1)n1c(=O)c(-c2cccnc2F)cn(CCCCCl)c1=O. The molecule has 0 unspecified atom stereocenters. The van der Waals surface area contributed by atoms with Gasteiger partial charge in [-0.05, 0) is 37.1 Å². The standard InChI is InChI=1S/C20H17ClFN3O3/c21-10-4-5-12-24-13-16(15-9-6-11-23-17(15)22)19(27)25(20(24)28)18(26)14-7-2-1-3-8-14/h1-3,6-9,11,13H,4-5,10,12H2. The van der Waals surface area contributed by atoms with Gasteiger partial charge in [0.25, 0.3) is 11.5 Å². The van der Waals surface area contributed by atoms with Crippen LogP contribution in [0.2, 0.25) is 0 Å². The van der Waals surface area contributed by atoms with Crippen LogP contribution in [-0.2, 0) is 6.54 Å². The Kier molecular flexibility index (Phi) is 6.16. The first-order valence-corrected chi connectivity index (χ1v) is 9.21. The third-order valence-corrected chi connectivity index (χ3v) is 4.48. The Morgan fingerprint density at radius 3 is 2.46 bits per heavy atom. The highest BCUT2D eigenvalue weighted by molar-refractivity contribution is 6.17. The number of halogens is 2. The van der Waals surface area contributed by atoms with Crippen LogP contribution in [0.5, 0.6) is 0 Å². The first-order valence-electron chi connectivity index (χ1n) is 8.67. The maximum atomic E-state index is 14.2. The number of pyridine rings is 1. The summed E-state index contributed by atoms with van der Waals surface area (Å²) in [7, 11) is 0. The molecule has 2 aromatic heterocycles. The van der Waals surface area contributed by atoms with E-state index in [9.17, 15) is 18.8 Å². The number of alkyl halides is 1. The van der Waals surface area contributed by atoms with E-state index in [4.69, 9.17) is 11.6 Å². The zero-order chi connectivity index (χ0) is 20.1. The highest BCUT2D eigenvalue weighted by Crippen LogP contribution is 2.17. The van der Waals surface area contributed by atoms with Crippen LogP contribution in [0.3, 0.4) is 0 Å². The maximum absolute atomic E-state index is 14.2. The van der Waals surface area contributed by atoms with Crippen LogP contribution in [-0.4, -0.2) is 25.9 Å². The van der Waals surface area contributed by atoms with E-state index < -0.39 is 23.1 Å². The van der Waals surface area contributed by atoms with Crippen molar-refractivity contribution >= 4 is 17.5 Å². The predicted octanol–water partition coefficient (Wildman–Crippen LogP) is 2.92. The number of carbonyl (C=O) groups excluding carboxylic acids is 1. The second-order valence-electron chi connectivity index (χ2n) is 6.07. The molecule has 6 nitrogen and oxygen atoms in total. The lowest BCUT2D eigenvalue weighted by Gasteiger charge is -2.12. The van der Waals surface area contributed by atoms with Crippen molar-refractivity contribution in [2.45, 2.75) is 19.4 Å². The van der Waals surface area contributed by atoms with Crippen molar-refractivity contribution in [3.63, 3.8) is 0 Å². The second kappa shape index (κ2) is 8.75. The minimum Gasteiger partial charge on any atom is -0.299 e. The molecule has 0 spiro atoms. The first kappa shape index (κ1) is 19.7. The number of carbonyl (C=O) groups is 1. The van der Waals surface area contributed by atoms with Crippen LogP contribution in [0, 0.1) is 5.95 Å². The first-order chi connectivity index (χ1) is 13.5. The third-order valence-electron chi connectivity index (χ3n) is 4.21. The lowest BCUT2D eigenvalue weighted by Crippen LogP contribution is -2.44. The van der Waals surface area contributed by atoms with Gasteiger partial charge >= 0.3 is 5.69 Å². The number of rotatable bonds is 6. The maximum Gasteiger partial charge on any atom is 0.338 e. The number of benzene rings is 1. The Morgan fingerprint density at radius 1 is 1.04 bits per heavy atom. The van der Waals surface area contributed by atoms with Gasteiger partial charge in [0.1, 0.15) is 0 Å². The molecule has 144 valence electrons. The largest absolute Gasteiger partial charge is 0.338 e. The molecular formula is C20H17ClFN3O3. The molecule has 1 aromatic carbocycles. The van der Waals surface area contributed by atoms with Crippen molar-refractivity contribution in [2.75, 3.05) is 5.88 Å². The van der Waals surface area contributed by atoms with E-state index in [-0.39, 0.29) is 23.2 Å². The van der Waals surface area contributed by atoms with E-state index in [1.165, 1.54) is 41.2 Å². The fraction of sp³-hybridized carbons (Fsp3) is 0.200. The minimum absolute atomic E-state index is 0.0757. The van der Waals surface area contributed by atoms with E-state index in [1.54, 1.807) is 18.2 Å². The molecule has 3 rings (SSSR count). The molecule has 0 aliphatic rings. The fourth-order valence-electron chi connectivity index (χ4n) is 2.80. The summed E-state index contributed by atoms with van der Waals surface area (Å²) in [5.41, 5.74) is -1.67. The summed E-state index contributed by atoms with van der Waals surface area (Å²) < 4.78 is 16.0. The van der Waals surface area contributed by atoms with Crippen LogP contribution in [0.25, 0.3) is 11.1 Å². The minimum atomic E-state index is -0.889. The molecule has 0 aliphatic carbocycles. The Morgan fingerprint density at radius 2 is 1.79 bits per heavy atom. The summed E-state index contributed by atoms with van der Waals surface area (Å²) >= 11 is 5.69. The Labute approximate surface area is 164 Å².